The maximum atomic E-state index is 14.3. The zero-order valence-corrected chi connectivity index (χ0v) is 20.0. The second-order valence-electron chi connectivity index (χ2n) is 9.14. The van der Waals surface area contributed by atoms with E-state index >= 15 is 0 Å². The predicted molar refractivity (Wildman–Crippen MR) is 132 cm³/mol. The molecule has 0 aromatic heterocycles. The number of rotatable bonds is 5. The van der Waals surface area contributed by atoms with Crippen LogP contribution in [0.3, 0.4) is 0 Å². The molecule has 5 rings (SSSR count). The second-order valence-corrected chi connectivity index (χ2v) is 9.14. The lowest BCUT2D eigenvalue weighted by atomic mass is 9.93. The molecule has 3 aromatic carbocycles. The standard InChI is InChI=1S/C27H28FN3O3/c1-6-34-18-9-10-20(24(14-18)33-5)19-11-12-22-25-21(19)15-30(23-13-17(28)8-7-16(23)2)31(25)26(32)27(3,4)29-22/h7-14,29H,6,15H2,1-5H3. The van der Waals surface area contributed by atoms with E-state index in [0.717, 1.165) is 39.4 Å². The van der Waals surface area contributed by atoms with E-state index in [1.54, 1.807) is 18.2 Å². The summed E-state index contributed by atoms with van der Waals surface area (Å²) in [6, 6.07) is 14.5. The molecule has 1 N–H and O–H groups in total. The molecule has 0 spiro atoms. The van der Waals surface area contributed by atoms with E-state index in [4.69, 9.17) is 9.47 Å². The molecule has 0 bridgehead atoms. The molecule has 3 aromatic rings. The van der Waals surface area contributed by atoms with E-state index in [2.05, 4.69) is 5.32 Å². The number of anilines is 3. The molecule has 2 aliphatic heterocycles. The molecule has 1 amide bonds. The van der Waals surface area contributed by atoms with Gasteiger partial charge in [-0.15, -0.1) is 0 Å². The van der Waals surface area contributed by atoms with Crippen molar-refractivity contribution in [1.29, 1.82) is 0 Å². The molecule has 0 saturated heterocycles. The summed E-state index contributed by atoms with van der Waals surface area (Å²) in [6.45, 7) is 8.56. The summed E-state index contributed by atoms with van der Waals surface area (Å²) in [5.74, 6) is 0.976. The SMILES string of the molecule is CCOc1ccc(-c2ccc3c4c2CN(c2cc(F)ccc2C)N4C(=O)C(C)(C)N3)c(OC)c1. The molecule has 34 heavy (non-hydrogen) atoms. The molecular weight excluding hydrogens is 433 g/mol. The first-order valence-corrected chi connectivity index (χ1v) is 11.4. The van der Waals surface area contributed by atoms with Crippen LogP contribution in [0.5, 0.6) is 11.5 Å². The molecule has 0 atom stereocenters. The van der Waals surface area contributed by atoms with Gasteiger partial charge in [0.1, 0.15) is 22.9 Å². The van der Waals surface area contributed by atoms with Crippen LogP contribution < -0.4 is 24.8 Å². The first-order valence-electron chi connectivity index (χ1n) is 11.4. The van der Waals surface area contributed by atoms with E-state index in [1.165, 1.54) is 12.1 Å². The number of carbonyl (C=O) groups excluding carboxylic acids is 1. The molecule has 2 aliphatic rings. The topological polar surface area (TPSA) is 54.0 Å². The van der Waals surface area contributed by atoms with Gasteiger partial charge in [-0.1, -0.05) is 12.1 Å². The van der Waals surface area contributed by atoms with Gasteiger partial charge < -0.3 is 14.8 Å². The Kier molecular flexibility index (Phi) is 5.15. The smallest absolute Gasteiger partial charge is 0.270 e. The molecule has 0 radical (unpaired) electrons. The van der Waals surface area contributed by atoms with Gasteiger partial charge in [0, 0.05) is 17.2 Å². The highest BCUT2D eigenvalue weighted by Gasteiger charge is 2.47. The Morgan fingerprint density at radius 2 is 1.85 bits per heavy atom. The molecule has 7 heteroatoms. The highest BCUT2D eigenvalue weighted by atomic mass is 19.1. The third kappa shape index (κ3) is 3.34. The van der Waals surface area contributed by atoms with Crippen LogP contribution in [-0.2, 0) is 11.3 Å². The van der Waals surface area contributed by atoms with Crippen LogP contribution in [0.2, 0.25) is 0 Å². The average Bonchev–Trinajstić information content (AvgIpc) is 3.21. The fraction of sp³-hybridized carbons (Fsp3) is 0.296. The van der Waals surface area contributed by atoms with Gasteiger partial charge in [0.2, 0.25) is 0 Å². The lowest BCUT2D eigenvalue weighted by Crippen LogP contribution is -2.57. The summed E-state index contributed by atoms with van der Waals surface area (Å²) in [7, 11) is 1.63. The fourth-order valence-corrected chi connectivity index (χ4v) is 4.80. The Hall–Kier alpha value is -3.74. The number of ether oxygens (including phenoxy) is 2. The Morgan fingerprint density at radius 1 is 1.09 bits per heavy atom. The minimum absolute atomic E-state index is 0.0989. The van der Waals surface area contributed by atoms with Crippen LogP contribution in [0.1, 0.15) is 31.9 Å². The highest BCUT2D eigenvalue weighted by molar-refractivity contribution is 6.12. The molecule has 2 heterocycles. The molecule has 0 saturated carbocycles. The lowest BCUT2D eigenvalue weighted by molar-refractivity contribution is -0.122. The van der Waals surface area contributed by atoms with Crippen molar-refractivity contribution in [3.63, 3.8) is 0 Å². The zero-order chi connectivity index (χ0) is 24.2. The number of nitrogens with one attached hydrogen (secondary N) is 1. The molecule has 176 valence electrons. The van der Waals surface area contributed by atoms with Crippen LogP contribution >= 0.6 is 0 Å². The summed E-state index contributed by atoms with van der Waals surface area (Å²) in [5, 5.41) is 6.96. The van der Waals surface area contributed by atoms with Crippen LogP contribution in [0, 0.1) is 12.7 Å². The normalized spacial score (nSPS) is 15.8. The van der Waals surface area contributed by atoms with Crippen molar-refractivity contribution < 1.29 is 18.7 Å². The first-order chi connectivity index (χ1) is 16.2. The minimum Gasteiger partial charge on any atom is -0.496 e. The monoisotopic (exact) mass is 461 g/mol. The lowest BCUT2D eigenvalue weighted by Gasteiger charge is -2.41. The number of aryl methyl sites for hydroxylation is 1. The van der Waals surface area contributed by atoms with Gasteiger partial charge in [0.05, 0.1) is 37.3 Å². The van der Waals surface area contributed by atoms with E-state index in [0.29, 0.717) is 24.6 Å². The van der Waals surface area contributed by atoms with E-state index in [9.17, 15) is 9.18 Å². The van der Waals surface area contributed by atoms with Gasteiger partial charge in [-0.3, -0.25) is 9.80 Å². The summed E-state index contributed by atoms with van der Waals surface area (Å²) in [4.78, 5) is 13.6. The van der Waals surface area contributed by atoms with Gasteiger partial charge in [-0.25, -0.2) is 9.40 Å². The predicted octanol–water partition coefficient (Wildman–Crippen LogP) is 5.68. The number of benzene rings is 3. The molecule has 0 unspecified atom stereocenters. The maximum Gasteiger partial charge on any atom is 0.270 e. The number of amides is 1. The second kappa shape index (κ2) is 7.94. The van der Waals surface area contributed by atoms with Gasteiger partial charge in [-0.05, 0) is 69.2 Å². The van der Waals surface area contributed by atoms with Crippen molar-refractivity contribution in [2.24, 2.45) is 0 Å². The summed E-state index contributed by atoms with van der Waals surface area (Å²) in [5.41, 5.74) is 5.23. The Bertz CT molecular complexity index is 1300. The van der Waals surface area contributed by atoms with Crippen LogP contribution in [-0.4, -0.2) is 25.2 Å². The summed E-state index contributed by atoms with van der Waals surface area (Å²) < 4.78 is 25.6. The van der Waals surface area contributed by atoms with Gasteiger partial charge >= 0.3 is 0 Å². The van der Waals surface area contributed by atoms with Crippen LogP contribution in [0.4, 0.5) is 21.5 Å². The molecule has 0 aliphatic carbocycles. The number of halogens is 1. The Morgan fingerprint density at radius 3 is 2.59 bits per heavy atom. The number of methoxy groups -OCH3 is 1. The average molecular weight is 462 g/mol. The third-order valence-electron chi connectivity index (χ3n) is 6.44. The maximum absolute atomic E-state index is 14.3. The molecule has 6 nitrogen and oxygen atoms in total. The largest absolute Gasteiger partial charge is 0.496 e. The highest BCUT2D eigenvalue weighted by Crippen LogP contribution is 2.50. The van der Waals surface area contributed by atoms with Crippen molar-refractivity contribution in [2.45, 2.75) is 39.8 Å². The Balaban J connectivity index is 1.71. The van der Waals surface area contributed by atoms with E-state index in [1.807, 2.05) is 63.0 Å². The first kappa shape index (κ1) is 22.1. The summed E-state index contributed by atoms with van der Waals surface area (Å²) >= 11 is 0. The van der Waals surface area contributed by atoms with Gasteiger partial charge in [0.25, 0.3) is 5.91 Å². The number of hydrogen-bond donors (Lipinski definition) is 1. The number of hydrogen-bond acceptors (Lipinski definition) is 5. The molecular formula is C27H28FN3O3. The van der Waals surface area contributed by atoms with E-state index < -0.39 is 5.54 Å². The van der Waals surface area contributed by atoms with Crippen molar-refractivity contribution in [3.8, 4) is 22.6 Å². The van der Waals surface area contributed by atoms with Gasteiger partial charge in [-0.2, -0.15) is 0 Å². The molecule has 0 fully saturated rings. The van der Waals surface area contributed by atoms with E-state index in [-0.39, 0.29) is 11.7 Å². The number of nitrogens with zero attached hydrogens (tertiary/aromatic N) is 2. The number of hydrazine groups is 1. The Labute approximate surface area is 198 Å². The van der Waals surface area contributed by atoms with Crippen molar-refractivity contribution in [1.82, 2.24) is 0 Å². The van der Waals surface area contributed by atoms with Crippen molar-refractivity contribution in [3.05, 3.63) is 65.5 Å². The van der Waals surface area contributed by atoms with Crippen LogP contribution in [0.25, 0.3) is 11.1 Å². The zero-order valence-electron chi connectivity index (χ0n) is 20.0. The fourth-order valence-electron chi connectivity index (χ4n) is 4.80. The van der Waals surface area contributed by atoms with Crippen molar-refractivity contribution in [2.75, 3.05) is 29.1 Å². The summed E-state index contributed by atoms with van der Waals surface area (Å²) in [6.07, 6.45) is 0. The van der Waals surface area contributed by atoms with Crippen LogP contribution in [0.15, 0.2) is 48.5 Å². The quantitative estimate of drug-likeness (QED) is 0.530. The minimum atomic E-state index is -0.813. The number of carbonyl (C=O) groups is 1. The third-order valence-corrected chi connectivity index (χ3v) is 6.44. The van der Waals surface area contributed by atoms with Crippen molar-refractivity contribution >= 4 is 23.0 Å². The van der Waals surface area contributed by atoms with Gasteiger partial charge in [0.15, 0.2) is 0 Å².